The highest BCUT2D eigenvalue weighted by atomic mass is 16.2. The van der Waals surface area contributed by atoms with E-state index < -0.39 is 0 Å². The van der Waals surface area contributed by atoms with Crippen LogP contribution in [0, 0.1) is 13.8 Å². The second-order valence-electron chi connectivity index (χ2n) is 6.46. The van der Waals surface area contributed by atoms with Gasteiger partial charge in [-0.3, -0.25) is 9.58 Å². The van der Waals surface area contributed by atoms with E-state index in [-0.39, 0.29) is 6.03 Å². The Morgan fingerprint density at radius 2 is 2.09 bits per heavy atom. The predicted octanol–water partition coefficient (Wildman–Crippen LogP) is 2.19. The maximum absolute atomic E-state index is 12.0. The molecule has 0 spiro atoms. The van der Waals surface area contributed by atoms with E-state index in [0.717, 1.165) is 36.6 Å². The Morgan fingerprint density at radius 1 is 1.30 bits per heavy atom. The van der Waals surface area contributed by atoms with Crippen molar-refractivity contribution in [3.05, 3.63) is 17.0 Å². The number of hydrogen-bond donors (Lipinski definition) is 2. The van der Waals surface area contributed by atoms with Gasteiger partial charge in [0.2, 0.25) is 0 Å². The van der Waals surface area contributed by atoms with Gasteiger partial charge in [0.15, 0.2) is 0 Å². The largest absolute Gasteiger partial charge is 0.337 e. The van der Waals surface area contributed by atoms with Crippen LogP contribution in [0.1, 0.15) is 50.1 Å². The van der Waals surface area contributed by atoms with E-state index in [1.54, 1.807) is 0 Å². The summed E-state index contributed by atoms with van der Waals surface area (Å²) in [4.78, 5) is 14.4. The monoisotopic (exact) mass is 321 g/mol. The fourth-order valence-electron chi connectivity index (χ4n) is 3.33. The molecule has 1 saturated heterocycles. The highest BCUT2D eigenvalue weighted by molar-refractivity contribution is 5.73. The van der Waals surface area contributed by atoms with Gasteiger partial charge in [-0.05, 0) is 47.1 Å². The molecule has 130 valence electrons. The van der Waals surface area contributed by atoms with Gasteiger partial charge in [0.1, 0.15) is 0 Å². The van der Waals surface area contributed by atoms with Crippen molar-refractivity contribution in [1.82, 2.24) is 25.3 Å². The Hall–Kier alpha value is -1.56. The Balaban J connectivity index is 1.72. The van der Waals surface area contributed by atoms with Gasteiger partial charge >= 0.3 is 6.03 Å². The van der Waals surface area contributed by atoms with Crippen LogP contribution in [-0.2, 0) is 13.1 Å². The summed E-state index contributed by atoms with van der Waals surface area (Å²) < 4.78 is 1.97. The first-order chi connectivity index (χ1) is 11.0. The molecule has 1 unspecified atom stereocenters. The van der Waals surface area contributed by atoms with Gasteiger partial charge in [0, 0.05) is 43.5 Å². The molecule has 2 N–H and O–H groups in total. The van der Waals surface area contributed by atoms with Gasteiger partial charge in [-0.2, -0.15) is 5.10 Å². The topological polar surface area (TPSA) is 62.2 Å². The number of nitrogens with zero attached hydrogens (tertiary/aromatic N) is 3. The van der Waals surface area contributed by atoms with Crippen LogP contribution in [0.25, 0.3) is 0 Å². The minimum atomic E-state index is -0.0993. The van der Waals surface area contributed by atoms with Crippen LogP contribution in [0.15, 0.2) is 0 Å². The Kier molecular flexibility index (Phi) is 6.45. The van der Waals surface area contributed by atoms with E-state index >= 15 is 0 Å². The van der Waals surface area contributed by atoms with Gasteiger partial charge in [0.05, 0.1) is 5.69 Å². The lowest BCUT2D eigenvalue weighted by Gasteiger charge is -2.33. The molecule has 0 aliphatic carbocycles. The summed E-state index contributed by atoms with van der Waals surface area (Å²) in [5.74, 6) is 0. The van der Waals surface area contributed by atoms with Gasteiger partial charge < -0.3 is 10.6 Å². The van der Waals surface area contributed by atoms with E-state index in [1.165, 1.54) is 19.3 Å². The third-order valence-electron chi connectivity index (χ3n) is 4.88. The lowest BCUT2D eigenvalue weighted by Crippen LogP contribution is -2.44. The number of likely N-dealkylation sites (tertiary alicyclic amines) is 1. The maximum atomic E-state index is 12.0. The molecule has 0 radical (unpaired) electrons. The highest BCUT2D eigenvalue weighted by Crippen LogP contribution is 2.15. The standard InChI is InChI=1S/C17H31N5O/c1-5-22-15(4)16(14(3)20-22)12-19-17(23)18-9-11-21-10-7-6-8-13(21)2/h13H,5-12H2,1-4H3,(H2,18,19,23). The first-order valence-electron chi connectivity index (χ1n) is 8.81. The number of piperidine rings is 1. The smallest absolute Gasteiger partial charge is 0.315 e. The molecule has 1 aromatic rings. The van der Waals surface area contributed by atoms with Gasteiger partial charge in [0.25, 0.3) is 0 Å². The average Bonchev–Trinajstić information content (AvgIpc) is 2.81. The van der Waals surface area contributed by atoms with Gasteiger partial charge in [-0.15, -0.1) is 0 Å². The zero-order valence-electron chi connectivity index (χ0n) is 15.0. The highest BCUT2D eigenvalue weighted by Gasteiger charge is 2.17. The van der Waals surface area contributed by atoms with Gasteiger partial charge in [-0.1, -0.05) is 6.42 Å². The number of aromatic nitrogens is 2. The third-order valence-corrected chi connectivity index (χ3v) is 4.88. The summed E-state index contributed by atoms with van der Waals surface area (Å²) in [6, 6.07) is 0.538. The minimum Gasteiger partial charge on any atom is -0.337 e. The molecule has 2 rings (SSSR count). The van der Waals surface area contributed by atoms with E-state index in [2.05, 4.69) is 41.4 Å². The number of urea groups is 1. The summed E-state index contributed by atoms with van der Waals surface area (Å²) >= 11 is 0. The lowest BCUT2D eigenvalue weighted by atomic mass is 10.0. The molecule has 0 aromatic carbocycles. The van der Waals surface area contributed by atoms with Crippen LogP contribution in [0.3, 0.4) is 0 Å². The normalized spacial score (nSPS) is 18.9. The van der Waals surface area contributed by atoms with Crippen LogP contribution in [0.4, 0.5) is 4.79 Å². The number of nitrogens with one attached hydrogen (secondary N) is 2. The second-order valence-corrected chi connectivity index (χ2v) is 6.46. The first-order valence-corrected chi connectivity index (χ1v) is 8.81. The van der Waals surface area contributed by atoms with Crippen LogP contribution in [0.5, 0.6) is 0 Å². The number of carbonyl (C=O) groups excluding carboxylic acids is 1. The van der Waals surface area contributed by atoms with Crippen LogP contribution in [-0.4, -0.2) is 46.4 Å². The number of hydrogen-bond acceptors (Lipinski definition) is 3. The molecule has 1 fully saturated rings. The van der Waals surface area contributed by atoms with Crippen molar-refractivity contribution >= 4 is 6.03 Å². The van der Waals surface area contributed by atoms with E-state index in [9.17, 15) is 4.79 Å². The molecule has 1 atom stereocenters. The van der Waals surface area contributed by atoms with Gasteiger partial charge in [-0.25, -0.2) is 4.79 Å². The summed E-state index contributed by atoms with van der Waals surface area (Å²) in [6.45, 7) is 12.6. The van der Waals surface area contributed by atoms with Crippen molar-refractivity contribution in [2.24, 2.45) is 0 Å². The van der Waals surface area contributed by atoms with Crippen LogP contribution < -0.4 is 10.6 Å². The van der Waals surface area contributed by atoms with Crippen molar-refractivity contribution < 1.29 is 4.79 Å². The Morgan fingerprint density at radius 3 is 2.74 bits per heavy atom. The number of rotatable bonds is 6. The molecule has 23 heavy (non-hydrogen) atoms. The summed E-state index contributed by atoms with van der Waals surface area (Å²) in [6.07, 6.45) is 3.87. The summed E-state index contributed by atoms with van der Waals surface area (Å²) in [5.41, 5.74) is 3.24. The molecule has 1 aromatic heterocycles. The molecule has 6 heteroatoms. The lowest BCUT2D eigenvalue weighted by molar-refractivity contribution is 0.161. The predicted molar refractivity (Wildman–Crippen MR) is 92.5 cm³/mol. The van der Waals surface area contributed by atoms with Crippen molar-refractivity contribution in [1.29, 1.82) is 0 Å². The van der Waals surface area contributed by atoms with E-state index in [4.69, 9.17) is 0 Å². The first kappa shape index (κ1) is 17.8. The molecular weight excluding hydrogens is 290 g/mol. The number of carbonyl (C=O) groups is 1. The fourth-order valence-corrected chi connectivity index (χ4v) is 3.33. The molecule has 0 saturated carbocycles. The molecule has 1 aliphatic heterocycles. The second kappa shape index (κ2) is 8.34. The zero-order valence-corrected chi connectivity index (χ0v) is 15.0. The van der Waals surface area contributed by atoms with E-state index in [0.29, 0.717) is 19.1 Å². The number of amides is 2. The molecule has 0 bridgehead atoms. The van der Waals surface area contributed by atoms with Crippen LogP contribution >= 0.6 is 0 Å². The minimum absolute atomic E-state index is 0.0993. The van der Waals surface area contributed by atoms with Crippen molar-refractivity contribution in [3.8, 4) is 0 Å². The molecule has 2 heterocycles. The van der Waals surface area contributed by atoms with Crippen molar-refractivity contribution in [3.63, 3.8) is 0 Å². The molecular formula is C17H31N5O. The quantitative estimate of drug-likeness (QED) is 0.844. The molecule has 2 amide bonds. The third kappa shape index (κ3) is 4.70. The Labute approximate surface area is 139 Å². The van der Waals surface area contributed by atoms with E-state index in [1.807, 2.05) is 11.6 Å². The zero-order chi connectivity index (χ0) is 16.8. The maximum Gasteiger partial charge on any atom is 0.315 e. The molecule has 1 aliphatic rings. The average molecular weight is 321 g/mol. The van der Waals surface area contributed by atoms with Crippen molar-refractivity contribution in [2.45, 2.75) is 66.1 Å². The fraction of sp³-hybridized carbons (Fsp3) is 0.765. The summed E-state index contributed by atoms with van der Waals surface area (Å²) in [7, 11) is 0. The summed E-state index contributed by atoms with van der Waals surface area (Å²) in [5, 5.41) is 10.4. The molecule has 6 nitrogen and oxygen atoms in total. The number of aryl methyl sites for hydroxylation is 2. The van der Waals surface area contributed by atoms with Crippen LogP contribution in [0.2, 0.25) is 0 Å². The Bertz CT molecular complexity index is 525. The SMILES string of the molecule is CCn1nc(C)c(CNC(=O)NCCN2CCCCC2C)c1C. The van der Waals surface area contributed by atoms with Crippen molar-refractivity contribution in [2.75, 3.05) is 19.6 Å².